The van der Waals surface area contributed by atoms with Crippen molar-refractivity contribution in [2.45, 2.75) is 65.8 Å². The lowest BCUT2D eigenvalue weighted by molar-refractivity contribution is -0.143. The number of hydrogen-bond acceptors (Lipinski definition) is 6. The Kier molecular flexibility index (Phi) is 8.55. The van der Waals surface area contributed by atoms with Crippen LogP contribution in [-0.2, 0) is 16.1 Å². The smallest absolute Gasteiger partial charge is 0.305 e. The number of aromatic nitrogens is 3. The molecule has 0 spiro atoms. The van der Waals surface area contributed by atoms with Crippen molar-refractivity contribution in [1.82, 2.24) is 14.5 Å². The van der Waals surface area contributed by atoms with Crippen molar-refractivity contribution >= 4 is 40.2 Å². The summed E-state index contributed by atoms with van der Waals surface area (Å²) in [7, 11) is 1.60. The number of esters is 1. The second-order valence-corrected chi connectivity index (χ2v) is 8.42. The molecule has 0 atom stereocenters. The van der Waals surface area contributed by atoms with Gasteiger partial charge in [0.25, 0.3) is 0 Å². The Bertz CT molecular complexity index is 1110. The monoisotopic (exact) mass is 472 g/mol. The number of nitrogens with one attached hydrogen (secondary N) is 1. The zero-order chi connectivity index (χ0) is 24.0. The van der Waals surface area contributed by atoms with Gasteiger partial charge in [-0.3, -0.25) is 4.79 Å². The minimum Gasteiger partial charge on any atom is -0.481 e. The highest BCUT2D eigenvalue weighted by atomic mass is 35.5. The number of nitrogens with zero attached hydrogens (tertiary/aromatic N) is 3. The first-order valence-electron chi connectivity index (χ1n) is 11.5. The highest BCUT2D eigenvalue weighted by Crippen LogP contribution is 2.36. The summed E-state index contributed by atoms with van der Waals surface area (Å²) < 4.78 is 12.5. The summed E-state index contributed by atoms with van der Waals surface area (Å²) >= 11 is 6.60. The molecule has 0 bridgehead atoms. The molecular formula is C25H33ClN4O3. The number of carbonyl (C=O) groups is 1. The molecule has 7 nitrogen and oxygen atoms in total. The third-order valence-corrected chi connectivity index (χ3v) is 6.22. The molecule has 0 fully saturated rings. The van der Waals surface area contributed by atoms with Gasteiger partial charge in [-0.15, -0.1) is 0 Å². The largest absolute Gasteiger partial charge is 0.481 e. The lowest BCUT2D eigenvalue weighted by atomic mass is 9.93. The normalized spacial score (nSPS) is 11.2. The lowest BCUT2D eigenvalue weighted by Gasteiger charge is -2.18. The summed E-state index contributed by atoms with van der Waals surface area (Å²) in [6, 6.07) is 5.91. The van der Waals surface area contributed by atoms with Crippen molar-refractivity contribution in [3.8, 4) is 5.88 Å². The molecule has 178 valence electrons. The van der Waals surface area contributed by atoms with E-state index < -0.39 is 0 Å². The Morgan fingerprint density at radius 3 is 2.64 bits per heavy atom. The fourth-order valence-electron chi connectivity index (χ4n) is 4.11. The summed E-state index contributed by atoms with van der Waals surface area (Å²) in [5.74, 6) is 1.43. The highest BCUT2D eigenvalue weighted by Gasteiger charge is 2.21. The van der Waals surface area contributed by atoms with E-state index in [0.29, 0.717) is 48.8 Å². The summed E-state index contributed by atoms with van der Waals surface area (Å²) in [4.78, 5) is 21.1. The molecule has 0 radical (unpaired) electrons. The highest BCUT2D eigenvalue weighted by molar-refractivity contribution is 6.35. The van der Waals surface area contributed by atoms with Crippen molar-refractivity contribution < 1.29 is 14.3 Å². The van der Waals surface area contributed by atoms with Crippen molar-refractivity contribution in [2.75, 3.05) is 19.0 Å². The summed E-state index contributed by atoms with van der Waals surface area (Å²) in [6.07, 6.45) is 4.75. The van der Waals surface area contributed by atoms with Crippen LogP contribution in [-0.4, -0.2) is 34.2 Å². The molecule has 1 aromatic carbocycles. The van der Waals surface area contributed by atoms with E-state index in [2.05, 4.69) is 34.8 Å². The van der Waals surface area contributed by atoms with E-state index in [1.165, 1.54) is 5.56 Å². The molecular weight excluding hydrogens is 440 g/mol. The van der Waals surface area contributed by atoms with Crippen LogP contribution in [0.15, 0.2) is 24.4 Å². The van der Waals surface area contributed by atoms with Crippen LogP contribution in [0.2, 0.25) is 5.02 Å². The first-order valence-corrected chi connectivity index (χ1v) is 11.9. The van der Waals surface area contributed by atoms with Gasteiger partial charge in [0.05, 0.1) is 36.1 Å². The number of rotatable bonds is 11. The molecule has 1 N–H and O–H groups in total. The summed E-state index contributed by atoms with van der Waals surface area (Å²) in [6.45, 7) is 9.19. The Hall–Kier alpha value is -2.80. The topological polar surface area (TPSA) is 78.3 Å². The molecule has 2 aromatic heterocycles. The maximum absolute atomic E-state index is 11.9. The number of aryl methyl sites for hydroxylation is 2. The second kappa shape index (κ2) is 11.4. The Balaban J connectivity index is 2.08. The maximum Gasteiger partial charge on any atom is 0.305 e. The number of benzene rings is 1. The second-order valence-electron chi connectivity index (χ2n) is 8.01. The number of halogens is 1. The first-order chi connectivity index (χ1) is 15.9. The van der Waals surface area contributed by atoms with Crippen LogP contribution < -0.4 is 10.1 Å². The Morgan fingerprint density at radius 2 is 2.00 bits per heavy atom. The van der Waals surface area contributed by atoms with Gasteiger partial charge in [0, 0.05) is 19.0 Å². The number of carbonyl (C=O) groups excluding carboxylic acids is 1. The van der Waals surface area contributed by atoms with E-state index in [1.807, 2.05) is 26.0 Å². The van der Waals surface area contributed by atoms with E-state index in [9.17, 15) is 4.79 Å². The molecule has 0 amide bonds. The molecule has 0 aliphatic heterocycles. The SMILES string of the molecule is CCOC(=O)CCCn1c(Nc2cnc(OC)cc2C)nc2c(Cl)ccc(C(CC)CC)c21. The van der Waals surface area contributed by atoms with Gasteiger partial charge in [0.15, 0.2) is 0 Å². The third kappa shape index (κ3) is 5.58. The predicted molar refractivity (Wildman–Crippen MR) is 133 cm³/mol. The van der Waals surface area contributed by atoms with E-state index in [4.69, 9.17) is 26.1 Å². The minimum absolute atomic E-state index is 0.190. The van der Waals surface area contributed by atoms with Crippen LogP contribution in [0.1, 0.15) is 63.5 Å². The lowest BCUT2D eigenvalue weighted by Crippen LogP contribution is -2.10. The van der Waals surface area contributed by atoms with E-state index in [0.717, 1.165) is 35.1 Å². The van der Waals surface area contributed by atoms with Crippen molar-refractivity contribution in [1.29, 1.82) is 0 Å². The summed E-state index contributed by atoms with van der Waals surface area (Å²) in [5.41, 5.74) is 4.82. The van der Waals surface area contributed by atoms with Crippen LogP contribution >= 0.6 is 11.6 Å². The third-order valence-electron chi connectivity index (χ3n) is 5.91. The first kappa shape index (κ1) is 24.8. The number of methoxy groups -OCH3 is 1. The Morgan fingerprint density at radius 1 is 1.24 bits per heavy atom. The van der Waals surface area contributed by atoms with Crippen LogP contribution in [0, 0.1) is 6.92 Å². The number of pyridine rings is 1. The molecule has 3 aromatic rings. The van der Waals surface area contributed by atoms with E-state index in [-0.39, 0.29) is 5.97 Å². The zero-order valence-electron chi connectivity index (χ0n) is 20.1. The average molecular weight is 473 g/mol. The standard InChI is InChI=1S/C25H33ClN4O3/c1-6-17(7-2)18-11-12-19(26)23-24(18)30(13-9-10-22(31)33-8-3)25(29-23)28-20-15-27-21(32-5)14-16(20)4/h11-12,14-15,17H,6-10,13H2,1-5H3,(H,28,29). The van der Waals surface area contributed by atoms with E-state index in [1.54, 1.807) is 13.3 Å². The molecule has 2 heterocycles. The van der Waals surface area contributed by atoms with Gasteiger partial charge >= 0.3 is 5.97 Å². The van der Waals surface area contributed by atoms with Gasteiger partial charge < -0.3 is 19.4 Å². The molecule has 3 rings (SSSR count). The van der Waals surface area contributed by atoms with Crippen LogP contribution in [0.4, 0.5) is 11.6 Å². The predicted octanol–water partition coefficient (Wildman–Crippen LogP) is 6.39. The molecule has 0 aliphatic rings. The molecule has 0 saturated heterocycles. The molecule has 0 unspecified atom stereocenters. The van der Waals surface area contributed by atoms with Crippen LogP contribution in [0.5, 0.6) is 5.88 Å². The number of hydrogen-bond donors (Lipinski definition) is 1. The summed E-state index contributed by atoms with van der Waals surface area (Å²) in [5, 5.41) is 4.04. The maximum atomic E-state index is 11.9. The van der Waals surface area contributed by atoms with Gasteiger partial charge in [-0.1, -0.05) is 31.5 Å². The van der Waals surface area contributed by atoms with Crippen molar-refractivity contribution in [3.63, 3.8) is 0 Å². The van der Waals surface area contributed by atoms with Gasteiger partial charge in [-0.25, -0.2) is 9.97 Å². The molecule has 8 heteroatoms. The van der Waals surface area contributed by atoms with Crippen LogP contribution in [0.3, 0.4) is 0 Å². The van der Waals surface area contributed by atoms with Gasteiger partial charge in [-0.05, 0) is 56.2 Å². The zero-order valence-corrected chi connectivity index (χ0v) is 20.8. The van der Waals surface area contributed by atoms with Gasteiger partial charge in [0.1, 0.15) is 5.52 Å². The Labute approximate surface area is 200 Å². The fraction of sp³-hybridized carbons (Fsp3) is 0.480. The molecule has 33 heavy (non-hydrogen) atoms. The van der Waals surface area contributed by atoms with Gasteiger partial charge in [0.2, 0.25) is 11.8 Å². The quantitative estimate of drug-likeness (QED) is 0.325. The minimum atomic E-state index is -0.190. The van der Waals surface area contributed by atoms with Gasteiger partial charge in [-0.2, -0.15) is 0 Å². The number of fused-ring (bicyclic) bond motifs is 1. The van der Waals surface area contributed by atoms with Crippen LogP contribution in [0.25, 0.3) is 11.0 Å². The number of anilines is 2. The average Bonchev–Trinajstić information content (AvgIpc) is 3.16. The number of imidazole rings is 1. The van der Waals surface area contributed by atoms with Crippen molar-refractivity contribution in [3.05, 3.63) is 40.5 Å². The fourth-order valence-corrected chi connectivity index (χ4v) is 4.31. The van der Waals surface area contributed by atoms with E-state index >= 15 is 0 Å². The number of ether oxygens (including phenoxy) is 2. The molecule has 0 aliphatic carbocycles. The van der Waals surface area contributed by atoms with Crippen molar-refractivity contribution in [2.24, 2.45) is 0 Å². The molecule has 0 saturated carbocycles.